The molecule has 0 radical (unpaired) electrons. The van der Waals surface area contributed by atoms with Crippen LogP contribution in [0.3, 0.4) is 0 Å². The molecule has 0 aliphatic heterocycles. The lowest BCUT2D eigenvalue weighted by atomic mass is 10.1. The quantitative estimate of drug-likeness (QED) is 0.551. The molecule has 0 saturated heterocycles. The third-order valence-corrected chi connectivity index (χ3v) is 2.88. The Morgan fingerprint density at radius 1 is 1.06 bits per heavy atom. The number of rotatable bonds is 11. The van der Waals surface area contributed by atoms with E-state index in [1.807, 2.05) is 0 Å². The average molecular weight is 230 g/mol. The van der Waals surface area contributed by atoms with E-state index in [2.05, 4.69) is 6.92 Å². The van der Waals surface area contributed by atoms with E-state index in [1.54, 1.807) is 0 Å². The number of unbranched alkanes of at least 4 members (excludes halogenated alkanes) is 7. The molecule has 1 atom stereocenters. The molecule has 0 aromatic carbocycles. The summed E-state index contributed by atoms with van der Waals surface area (Å²) in [5.41, 5.74) is 0. The summed E-state index contributed by atoms with van der Waals surface area (Å²) in [4.78, 5) is 10.6. The Morgan fingerprint density at radius 2 is 1.56 bits per heavy atom. The highest BCUT2D eigenvalue weighted by molar-refractivity contribution is 5.72. The van der Waals surface area contributed by atoms with Crippen molar-refractivity contribution in [3.63, 3.8) is 0 Å². The number of carboxylic acids is 1. The molecule has 16 heavy (non-hydrogen) atoms. The Kier molecular flexibility index (Phi) is 10.5. The van der Waals surface area contributed by atoms with Crippen LogP contribution in [-0.4, -0.2) is 24.3 Å². The first-order valence-corrected chi connectivity index (χ1v) is 6.48. The molecular formula is C13H26O3. The SMILES string of the molecule is CCCCCCCCCCC(OC)C(=O)O. The van der Waals surface area contributed by atoms with E-state index in [4.69, 9.17) is 9.84 Å². The highest BCUT2D eigenvalue weighted by Gasteiger charge is 2.14. The van der Waals surface area contributed by atoms with Gasteiger partial charge in [-0.25, -0.2) is 4.79 Å². The van der Waals surface area contributed by atoms with Gasteiger partial charge in [0.1, 0.15) is 0 Å². The smallest absolute Gasteiger partial charge is 0.332 e. The van der Waals surface area contributed by atoms with E-state index in [0.29, 0.717) is 6.42 Å². The maximum atomic E-state index is 10.6. The van der Waals surface area contributed by atoms with Crippen molar-refractivity contribution in [2.45, 2.75) is 70.8 Å². The lowest BCUT2D eigenvalue weighted by molar-refractivity contribution is -0.148. The molecule has 0 spiro atoms. The summed E-state index contributed by atoms with van der Waals surface area (Å²) < 4.78 is 4.87. The van der Waals surface area contributed by atoms with E-state index < -0.39 is 12.1 Å². The van der Waals surface area contributed by atoms with Crippen LogP contribution < -0.4 is 0 Å². The van der Waals surface area contributed by atoms with Crippen LogP contribution in [0.25, 0.3) is 0 Å². The summed E-state index contributed by atoms with van der Waals surface area (Å²) >= 11 is 0. The summed E-state index contributed by atoms with van der Waals surface area (Å²) in [7, 11) is 1.46. The number of ether oxygens (including phenoxy) is 1. The Bertz CT molecular complexity index is 169. The summed E-state index contributed by atoms with van der Waals surface area (Å²) in [5.74, 6) is -0.842. The zero-order valence-electron chi connectivity index (χ0n) is 10.7. The van der Waals surface area contributed by atoms with Crippen LogP contribution >= 0.6 is 0 Å². The van der Waals surface area contributed by atoms with E-state index in [-0.39, 0.29) is 0 Å². The van der Waals surface area contributed by atoms with Crippen LogP contribution in [-0.2, 0) is 9.53 Å². The van der Waals surface area contributed by atoms with Crippen molar-refractivity contribution in [1.29, 1.82) is 0 Å². The Morgan fingerprint density at radius 3 is 2.00 bits per heavy atom. The largest absolute Gasteiger partial charge is 0.479 e. The second-order valence-electron chi connectivity index (χ2n) is 4.33. The third-order valence-electron chi connectivity index (χ3n) is 2.88. The van der Waals surface area contributed by atoms with Crippen molar-refractivity contribution >= 4 is 5.97 Å². The number of aliphatic carboxylic acids is 1. The van der Waals surface area contributed by atoms with Gasteiger partial charge in [0.2, 0.25) is 0 Å². The molecule has 0 bridgehead atoms. The zero-order valence-corrected chi connectivity index (χ0v) is 10.7. The normalized spacial score (nSPS) is 12.6. The minimum atomic E-state index is -0.842. The average Bonchev–Trinajstić information content (AvgIpc) is 2.26. The Balaban J connectivity index is 3.22. The number of carboxylic acid groups (broad SMARTS) is 1. The Hall–Kier alpha value is -0.570. The number of methoxy groups -OCH3 is 1. The van der Waals surface area contributed by atoms with Crippen molar-refractivity contribution in [2.24, 2.45) is 0 Å². The zero-order chi connectivity index (χ0) is 12.2. The molecule has 0 rings (SSSR count). The fourth-order valence-corrected chi connectivity index (χ4v) is 1.81. The first-order chi connectivity index (χ1) is 7.72. The van der Waals surface area contributed by atoms with Gasteiger partial charge in [-0.1, -0.05) is 58.3 Å². The van der Waals surface area contributed by atoms with Gasteiger partial charge in [0.25, 0.3) is 0 Å². The fraction of sp³-hybridized carbons (Fsp3) is 0.923. The van der Waals surface area contributed by atoms with Gasteiger partial charge >= 0.3 is 5.97 Å². The predicted molar refractivity (Wildman–Crippen MR) is 65.7 cm³/mol. The van der Waals surface area contributed by atoms with Crippen LogP contribution in [0.1, 0.15) is 64.7 Å². The summed E-state index contributed by atoms with van der Waals surface area (Å²) in [6.45, 7) is 2.22. The molecule has 0 aromatic heterocycles. The third kappa shape index (κ3) is 8.72. The topological polar surface area (TPSA) is 46.5 Å². The molecule has 0 aromatic rings. The fourth-order valence-electron chi connectivity index (χ4n) is 1.81. The molecule has 3 nitrogen and oxygen atoms in total. The van der Waals surface area contributed by atoms with Gasteiger partial charge < -0.3 is 9.84 Å². The van der Waals surface area contributed by atoms with Crippen LogP contribution in [0.2, 0.25) is 0 Å². The maximum absolute atomic E-state index is 10.6. The van der Waals surface area contributed by atoms with Crippen molar-refractivity contribution in [3.8, 4) is 0 Å². The minimum Gasteiger partial charge on any atom is -0.479 e. The van der Waals surface area contributed by atoms with Crippen molar-refractivity contribution in [3.05, 3.63) is 0 Å². The molecule has 0 fully saturated rings. The van der Waals surface area contributed by atoms with Crippen molar-refractivity contribution < 1.29 is 14.6 Å². The second-order valence-corrected chi connectivity index (χ2v) is 4.33. The highest BCUT2D eigenvalue weighted by atomic mass is 16.5. The molecule has 0 amide bonds. The van der Waals surface area contributed by atoms with E-state index in [9.17, 15) is 4.79 Å². The standard InChI is InChI=1S/C13H26O3/c1-3-4-5-6-7-8-9-10-11-12(16-2)13(14)15/h12H,3-11H2,1-2H3,(H,14,15). The molecule has 1 N–H and O–H groups in total. The maximum Gasteiger partial charge on any atom is 0.332 e. The molecule has 0 aliphatic carbocycles. The van der Waals surface area contributed by atoms with Crippen LogP contribution in [0.5, 0.6) is 0 Å². The van der Waals surface area contributed by atoms with Gasteiger partial charge in [-0.2, -0.15) is 0 Å². The van der Waals surface area contributed by atoms with Crippen molar-refractivity contribution in [2.75, 3.05) is 7.11 Å². The first kappa shape index (κ1) is 15.4. The van der Waals surface area contributed by atoms with Gasteiger partial charge in [-0.05, 0) is 6.42 Å². The highest BCUT2D eigenvalue weighted by Crippen LogP contribution is 2.11. The van der Waals surface area contributed by atoms with Crippen LogP contribution in [0.15, 0.2) is 0 Å². The van der Waals surface area contributed by atoms with Crippen LogP contribution in [0, 0.1) is 0 Å². The molecule has 0 aliphatic rings. The first-order valence-electron chi connectivity index (χ1n) is 6.48. The van der Waals surface area contributed by atoms with Gasteiger partial charge in [-0.3, -0.25) is 0 Å². The molecule has 1 unspecified atom stereocenters. The van der Waals surface area contributed by atoms with Gasteiger partial charge in [0.15, 0.2) is 6.10 Å². The van der Waals surface area contributed by atoms with E-state index in [1.165, 1.54) is 45.6 Å². The van der Waals surface area contributed by atoms with Gasteiger partial charge in [0, 0.05) is 7.11 Å². The second kappa shape index (κ2) is 10.9. The summed E-state index contributed by atoms with van der Waals surface area (Å²) in [6, 6.07) is 0. The lowest BCUT2D eigenvalue weighted by Crippen LogP contribution is -2.21. The van der Waals surface area contributed by atoms with Gasteiger partial charge in [0.05, 0.1) is 0 Å². The summed E-state index contributed by atoms with van der Waals surface area (Å²) in [5, 5.41) is 8.75. The molecule has 3 heteroatoms. The number of carbonyl (C=O) groups is 1. The molecular weight excluding hydrogens is 204 g/mol. The summed E-state index contributed by atoms with van der Waals surface area (Å²) in [6.07, 6.45) is 9.90. The Labute approximate surface area is 99.2 Å². The molecule has 0 heterocycles. The van der Waals surface area contributed by atoms with E-state index in [0.717, 1.165) is 12.8 Å². The number of hydrogen-bond donors (Lipinski definition) is 1. The van der Waals surface area contributed by atoms with Crippen LogP contribution in [0.4, 0.5) is 0 Å². The molecule has 0 saturated carbocycles. The van der Waals surface area contributed by atoms with Crippen molar-refractivity contribution in [1.82, 2.24) is 0 Å². The van der Waals surface area contributed by atoms with Gasteiger partial charge in [-0.15, -0.1) is 0 Å². The molecule has 96 valence electrons. The number of hydrogen-bond acceptors (Lipinski definition) is 2. The monoisotopic (exact) mass is 230 g/mol. The van der Waals surface area contributed by atoms with E-state index >= 15 is 0 Å². The minimum absolute atomic E-state index is 0.611. The predicted octanol–water partition coefficient (Wildman–Crippen LogP) is 3.62. The lowest BCUT2D eigenvalue weighted by Gasteiger charge is -2.09.